The quantitative estimate of drug-likeness (QED) is 0.775. The lowest BCUT2D eigenvalue weighted by Crippen LogP contribution is -2.43. The third-order valence-corrected chi connectivity index (χ3v) is 4.03. The monoisotopic (exact) mass is 258 g/mol. The molecule has 0 saturated heterocycles. The van der Waals surface area contributed by atoms with E-state index in [0.29, 0.717) is 6.42 Å². The molecular formula is C15H18N2O2. The summed E-state index contributed by atoms with van der Waals surface area (Å²) >= 11 is 0. The van der Waals surface area contributed by atoms with Gasteiger partial charge in [0.25, 0.3) is 0 Å². The molecule has 4 nitrogen and oxygen atoms in total. The van der Waals surface area contributed by atoms with E-state index in [4.69, 9.17) is 0 Å². The van der Waals surface area contributed by atoms with Gasteiger partial charge in [-0.05, 0) is 24.5 Å². The third kappa shape index (κ3) is 1.83. The molecule has 1 aromatic heterocycles. The summed E-state index contributed by atoms with van der Waals surface area (Å²) in [6.45, 7) is 4.14. The highest BCUT2D eigenvalue weighted by Crippen LogP contribution is 2.33. The number of benzene rings is 1. The van der Waals surface area contributed by atoms with Gasteiger partial charge in [0.2, 0.25) is 0 Å². The van der Waals surface area contributed by atoms with Crippen molar-refractivity contribution in [1.29, 1.82) is 0 Å². The molecule has 100 valence electrons. The molecule has 2 aromatic rings. The summed E-state index contributed by atoms with van der Waals surface area (Å²) in [6.07, 6.45) is 1.52. The van der Waals surface area contributed by atoms with E-state index in [1.165, 1.54) is 10.9 Å². The first-order valence-corrected chi connectivity index (χ1v) is 6.73. The molecule has 0 saturated carbocycles. The van der Waals surface area contributed by atoms with Crippen molar-refractivity contribution in [2.24, 2.45) is 0 Å². The van der Waals surface area contributed by atoms with Crippen molar-refractivity contribution < 1.29 is 9.90 Å². The lowest BCUT2D eigenvalue weighted by atomic mass is 9.94. The predicted octanol–water partition coefficient (Wildman–Crippen LogP) is 2.39. The average molecular weight is 258 g/mol. The van der Waals surface area contributed by atoms with Gasteiger partial charge in [0.15, 0.2) is 0 Å². The molecule has 0 bridgehead atoms. The van der Waals surface area contributed by atoms with Crippen LogP contribution in [0, 0.1) is 0 Å². The van der Waals surface area contributed by atoms with Crippen molar-refractivity contribution in [3.05, 3.63) is 35.0 Å². The van der Waals surface area contributed by atoms with E-state index in [1.807, 2.05) is 6.92 Å². The Hall–Kier alpha value is -1.81. The number of carboxylic acid groups (broad SMARTS) is 1. The van der Waals surface area contributed by atoms with E-state index >= 15 is 0 Å². The fourth-order valence-electron chi connectivity index (χ4n) is 3.05. The third-order valence-electron chi connectivity index (χ3n) is 4.03. The summed E-state index contributed by atoms with van der Waals surface area (Å²) in [6, 6.07) is 5.81. The van der Waals surface area contributed by atoms with E-state index < -0.39 is 12.0 Å². The highest BCUT2D eigenvalue weighted by molar-refractivity contribution is 5.89. The second-order valence-corrected chi connectivity index (χ2v) is 5.19. The number of nitrogens with one attached hydrogen (secondary N) is 2. The van der Waals surface area contributed by atoms with E-state index in [1.54, 1.807) is 0 Å². The first kappa shape index (κ1) is 12.2. The standard InChI is InChI=1S/C15H18N2O2/c1-3-9-5-4-6-10-11-7-12(15(18)19)16-8(2)13(11)17-14(9)10/h4-6,8,12,16-17H,3,7H2,1-2H3,(H,18,19). The maximum atomic E-state index is 11.2. The van der Waals surface area contributed by atoms with Crippen LogP contribution in [-0.4, -0.2) is 22.1 Å². The number of carboxylic acids is 1. The number of hydrogen-bond donors (Lipinski definition) is 3. The molecule has 4 heteroatoms. The molecule has 2 unspecified atom stereocenters. The van der Waals surface area contributed by atoms with Gasteiger partial charge in [0.05, 0.1) is 0 Å². The maximum Gasteiger partial charge on any atom is 0.321 e. The van der Waals surface area contributed by atoms with E-state index in [9.17, 15) is 9.90 Å². The molecule has 3 rings (SSSR count). The molecule has 19 heavy (non-hydrogen) atoms. The van der Waals surface area contributed by atoms with Gasteiger partial charge in [-0.3, -0.25) is 10.1 Å². The summed E-state index contributed by atoms with van der Waals surface area (Å²) in [4.78, 5) is 14.7. The van der Waals surface area contributed by atoms with Gasteiger partial charge in [0, 0.05) is 29.1 Å². The summed E-state index contributed by atoms with van der Waals surface area (Å²) < 4.78 is 0. The highest BCUT2D eigenvalue weighted by atomic mass is 16.4. The zero-order valence-corrected chi connectivity index (χ0v) is 11.2. The smallest absolute Gasteiger partial charge is 0.321 e. The lowest BCUT2D eigenvalue weighted by molar-refractivity contribution is -0.139. The summed E-state index contributed by atoms with van der Waals surface area (Å²) in [7, 11) is 0. The van der Waals surface area contributed by atoms with E-state index in [-0.39, 0.29) is 6.04 Å². The molecule has 2 heterocycles. The molecule has 0 amide bonds. The van der Waals surface area contributed by atoms with Gasteiger partial charge >= 0.3 is 5.97 Å². The van der Waals surface area contributed by atoms with Crippen LogP contribution in [-0.2, 0) is 17.6 Å². The Morgan fingerprint density at radius 2 is 2.26 bits per heavy atom. The minimum atomic E-state index is -0.779. The molecule has 0 spiro atoms. The number of aromatic amines is 1. The second kappa shape index (κ2) is 4.38. The van der Waals surface area contributed by atoms with Gasteiger partial charge in [0.1, 0.15) is 6.04 Å². The van der Waals surface area contributed by atoms with Crippen LogP contribution in [0.2, 0.25) is 0 Å². The van der Waals surface area contributed by atoms with Gasteiger partial charge in [-0.2, -0.15) is 0 Å². The number of rotatable bonds is 2. The lowest BCUT2D eigenvalue weighted by Gasteiger charge is -2.26. The zero-order valence-electron chi connectivity index (χ0n) is 11.2. The van der Waals surface area contributed by atoms with Crippen LogP contribution < -0.4 is 5.32 Å². The van der Waals surface area contributed by atoms with Crippen molar-refractivity contribution in [2.75, 3.05) is 0 Å². The number of carbonyl (C=O) groups is 1. The van der Waals surface area contributed by atoms with Gasteiger partial charge in [-0.25, -0.2) is 0 Å². The Morgan fingerprint density at radius 3 is 2.95 bits per heavy atom. The first-order chi connectivity index (χ1) is 9.11. The number of H-pyrrole nitrogens is 1. The first-order valence-electron chi connectivity index (χ1n) is 6.73. The Kier molecular flexibility index (Phi) is 2.82. The van der Waals surface area contributed by atoms with Gasteiger partial charge < -0.3 is 10.1 Å². The Morgan fingerprint density at radius 1 is 1.47 bits per heavy atom. The zero-order chi connectivity index (χ0) is 13.6. The van der Waals surface area contributed by atoms with Crippen molar-refractivity contribution in [2.45, 2.75) is 38.8 Å². The van der Waals surface area contributed by atoms with Crippen LogP contribution in [0.5, 0.6) is 0 Å². The van der Waals surface area contributed by atoms with Crippen LogP contribution in [0.25, 0.3) is 10.9 Å². The normalized spacial score (nSPS) is 22.4. The fraction of sp³-hybridized carbons (Fsp3) is 0.400. The molecule has 1 aromatic carbocycles. The van der Waals surface area contributed by atoms with Crippen LogP contribution in [0.3, 0.4) is 0 Å². The average Bonchev–Trinajstić information content (AvgIpc) is 2.78. The van der Waals surface area contributed by atoms with Crippen LogP contribution in [0.4, 0.5) is 0 Å². The Labute approximate surface area is 111 Å². The molecule has 3 N–H and O–H groups in total. The predicted molar refractivity (Wildman–Crippen MR) is 74.4 cm³/mol. The molecule has 1 aliphatic heterocycles. The minimum absolute atomic E-state index is 0.0435. The van der Waals surface area contributed by atoms with Crippen molar-refractivity contribution >= 4 is 16.9 Å². The number of aromatic nitrogens is 1. The molecule has 0 radical (unpaired) electrons. The van der Waals surface area contributed by atoms with Crippen molar-refractivity contribution in [3.63, 3.8) is 0 Å². The van der Waals surface area contributed by atoms with Crippen molar-refractivity contribution in [3.8, 4) is 0 Å². The molecule has 0 aliphatic carbocycles. The van der Waals surface area contributed by atoms with E-state index in [0.717, 1.165) is 23.2 Å². The number of aryl methyl sites for hydroxylation is 1. The van der Waals surface area contributed by atoms with E-state index in [2.05, 4.69) is 35.4 Å². The summed E-state index contributed by atoms with van der Waals surface area (Å²) in [5.41, 5.74) is 4.73. The maximum absolute atomic E-state index is 11.2. The Bertz CT molecular complexity index is 645. The molecule has 2 atom stereocenters. The number of para-hydroxylation sites is 1. The molecular weight excluding hydrogens is 240 g/mol. The number of fused-ring (bicyclic) bond motifs is 3. The van der Waals surface area contributed by atoms with Crippen molar-refractivity contribution in [1.82, 2.24) is 10.3 Å². The number of aliphatic carboxylic acids is 1. The SMILES string of the molecule is CCc1cccc2c3c([nH]c12)C(C)NC(C(=O)O)C3. The largest absolute Gasteiger partial charge is 0.480 e. The minimum Gasteiger partial charge on any atom is -0.480 e. The van der Waals surface area contributed by atoms with Gasteiger partial charge in [-0.1, -0.05) is 25.1 Å². The topological polar surface area (TPSA) is 65.1 Å². The summed E-state index contributed by atoms with van der Waals surface area (Å²) in [5, 5.41) is 13.5. The Balaban J connectivity index is 2.19. The summed E-state index contributed by atoms with van der Waals surface area (Å²) in [5.74, 6) is -0.779. The fourth-order valence-corrected chi connectivity index (χ4v) is 3.05. The van der Waals surface area contributed by atoms with Crippen LogP contribution in [0.1, 0.15) is 36.7 Å². The van der Waals surface area contributed by atoms with Crippen LogP contribution >= 0.6 is 0 Å². The van der Waals surface area contributed by atoms with Crippen LogP contribution in [0.15, 0.2) is 18.2 Å². The molecule has 1 aliphatic rings. The number of hydrogen-bond acceptors (Lipinski definition) is 2. The van der Waals surface area contributed by atoms with Gasteiger partial charge in [-0.15, -0.1) is 0 Å². The highest BCUT2D eigenvalue weighted by Gasteiger charge is 2.30. The second-order valence-electron chi connectivity index (χ2n) is 5.19. The molecule has 0 fully saturated rings.